The molecule has 1 atom stereocenters. The van der Waals surface area contributed by atoms with Gasteiger partial charge in [0, 0.05) is 28.2 Å². The van der Waals surface area contributed by atoms with Gasteiger partial charge in [-0.15, -0.1) is 11.3 Å². The summed E-state index contributed by atoms with van der Waals surface area (Å²) in [6, 6.07) is 1.96. The van der Waals surface area contributed by atoms with Gasteiger partial charge in [-0.05, 0) is 44.3 Å². The molecule has 0 aliphatic carbocycles. The van der Waals surface area contributed by atoms with Crippen molar-refractivity contribution in [2.45, 2.75) is 25.9 Å². The molecule has 3 nitrogen and oxygen atoms in total. The van der Waals surface area contributed by atoms with E-state index < -0.39 is 6.10 Å². The second-order valence-corrected chi connectivity index (χ2v) is 6.72. The lowest BCUT2D eigenvalue weighted by Crippen LogP contribution is -2.05. The quantitative estimate of drug-likeness (QED) is 0.856. The summed E-state index contributed by atoms with van der Waals surface area (Å²) in [5.41, 5.74) is 2.07. The summed E-state index contributed by atoms with van der Waals surface area (Å²) in [5, 5.41) is 16.7. The highest BCUT2D eigenvalue weighted by Crippen LogP contribution is 2.30. The van der Waals surface area contributed by atoms with Crippen LogP contribution < -0.4 is 0 Å². The molecule has 0 bridgehead atoms. The van der Waals surface area contributed by atoms with Crippen molar-refractivity contribution >= 4 is 43.2 Å². The highest BCUT2D eigenvalue weighted by atomic mass is 79.9. The number of aliphatic hydroxyl groups is 1. The summed E-state index contributed by atoms with van der Waals surface area (Å²) in [6.45, 7) is 2.07. The maximum absolute atomic E-state index is 10.2. The van der Waals surface area contributed by atoms with Gasteiger partial charge < -0.3 is 5.11 Å². The molecular formula is C12H14Br2N2OS. The molecule has 0 aromatic carbocycles. The number of rotatable bonds is 4. The predicted octanol–water partition coefficient (Wildman–Crippen LogP) is 3.85. The summed E-state index contributed by atoms with van der Waals surface area (Å²) < 4.78 is 3.87. The first-order valence-corrected chi connectivity index (χ1v) is 8.11. The molecule has 0 radical (unpaired) electrons. The van der Waals surface area contributed by atoms with Crippen LogP contribution in [0.25, 0.3) is 0 Å². The normalized spacial score (nSPS) is 12.9. The molecule has 0 spiro atoms. The Hall–Kier alpha value is -0.170. The molecule has 0 aliphatic heterocycles. The Kier molecular flexibility index (Phi) is 4.64. The summed E-state index contributed by atoms with van der Waals surface area (Å²) >= 11 is 8.53. The van der Waals surface area contributed by atoms with E-state index in [9.17, 15) is 5.11 Å². The van der Waals surface area contributed by atoms with Crippen molar-refractivity contribution in [3.05, 3.63) is 36.7 Å². The monoisotopic (exact) mass is 392 g/mol. The van der Waals surface area contributed by atoms with Crippen molar-refractivity contribution in [3.8, 4) is 0 Å². The van der Waals surface area contributed by atoms with E-state index in [0.717, 1.165) is 31.6 Å². The zero-order valence-electron chi connectivity index (χ0n) is 10.2. The standard InChI is InChI=1S/C12H14Br2N2OS/c1-3-8-12(14)9(16(2)15-8)5-10(17)11-4-7(13)6-18-11/h4,6,10,17H,3,5H2,1-2H3. The number of thiophene rings is 1. The SMILES string of the molecule is CCc1nn(C)c(CC(O)c2cc(Br)cs2)c1Br. The highest BCUT2D eigenvalue weighted by Gasteiger charge is 2.18. The molecule has 0 amide bonds. The Morgan fingerprint density at radius 1 is 1.50 bits per heavy atom. The highest BCUT2D eigenvalue weighted by molar-refractivity contribution is 9.10. The second-order valence-electron chi connectivity index (χ2n) is 4.07. The number of aromatic nitrogens is 2. The number of halogens is 2. The van der Waals surface area contributed by atoms with E-state index >= 15 is 0 Å². The van der Waals surface area contributed by atoms with E-state index in [0.29, 0.717) is 6.42 Å². The van der Waals surface area contributed by atoms with Gasteiger partial charge in [0.1, 0.15) is 0 Å². The fourth-order valence-corrected chi connectivity index (χ4v) is 4.04. The van der Waals surface area contributed by atoms with Crippen molar-refractivity contribution in [1.29, 1.82) is 0 Å². The first-order chi connectivity index (χ1) is 8.52. The molecule has 0 fully saturated rings. The van der Waals surface area contributed by atoms with Gasteiger partial charge in [-0.2, -0.15) is 5.10 Å². The topological polar surface area (TPSA) is 38.0 Å². The zero-order valence-corrected chi connectivity index (χ0v) is 14.1. The summed E-state index contributed by atoms with van der Waals surface area (Å²) in [7, 11) is 1.91. The van der Waals surface area contributed by atoms with Crippen LogP contribution >= 0.6 is 43.2 Å². The first kappa shape index (κ1) is 14.2. The maximum atomic E-state index is 10.2. The third-order valence-electron chi connectivity index (χ3n) is 2.81. The fourth-order valence-electron chi connectivity index (χ4n) is 1.83. The van der Waals surface area contributed by atoms with Crippen molar-refractivity contribution in [1.82, 2.24) is 9.78 Å². The number of hydrogen-bond acceptors (Lipinski definition) is 3. The molecule has 2 aromatic rings. The Balaban J connectivity index is 2.21. The average Bonchev–Trinajstić information content (AvgIpc) is 2.87. The van der Waals surface area contributed by atoms with E-state index in [1.165, 1.54) is 0 Å². The van der Waals surface area contributed by atoms with Crippen LogP contribution in [0, 0.1) is 0 Å². The van der Waals surface area contributed by atoms with Gasteiger partial charge in [0.2, 0.25) is 0 Å². The molecule has 0 saturated carbocycles. The molecule has 2 aromatic heterocycles. The van der Waals surface area contributed by atoms with Gasteiger partial charge in [-0.1, -0.05) is 6.92 Å². The van der Waals surface area contributed by atoms with Crippen LogP contribution in [0.1, 0.15) is 29.3 Å². The maximum Gasteiger partial charge on any atom is 0.0937 e. The number of aliphatic hydroxyl groups excluding tert-OH is 1. The average molecular weight is 394 g/mol. The van der Waals surface area contributed by atoms with E-state index in [2.05, 4.69) is 43.9 Å². The molecule has 2 heterocycles. The Morgan fingerprint density at radius 2 is 2.22 bits per heavy atom. The van der Waals surface area contributed by atoms with E-state index in [4.69, 9.17) is 0 Å². The molecule has 98 valence electrons. The lowest BCUT2D eigenvalue weighted by atomic mass is 10.1. The first-order valence-electron chi connectivity index (χ1n) is 5.65. The summed E-state index contributed by atoms with van der Waals surface area (Å²) in [6.07, 6.45) is 0.962. The smallest absolute Gasteiger partial charge is 0.0937 e. The minimum Gasteiger partial charge on any atom is -0.387 e. The van der Waals surface area contributed by atoms with Crippen molar-refractivity contribution < 1.29 is 5.11 Å². The molecule has 6 heteroatoms. The number of hydrogen-bond donors (Lipinski definition) is 1. The van der Waals surface area contributed by atoms with Crippen molar-refractivity contribution in [3.63, 3.8) is 0 Å². The number of nitrogens with zero attached hydrogens (tertiary/aromatic N) is 2. The molecule has 1 unspecified atom stereocenters. The van der Waals surface area contributed by atoms with Crippen LogP contribution in [0.2, 0.25) is 0 Å². The van der Waals surface area contributed by atoms with Gasteiger partial charge >= 0.3 is 0 Å². The predicted molar refractivity (Wildman–Crippen MR) is 81.0 cm³/mol. The minimum absolute atomic E-state index is 0.488. The Morgan fingerprint density at radius 3 is 2.72 bits per heavy atom. The third-order valence-corrected chi connectivity index (χ3v) is 5.52. The number of aryl methyl sites for hydroxylation is 2. The Bertz CT molecular complexity index is 550. The van der Waals surface area contributed by atoms with E-state index in [1.807, 2.05) is 23.2 Å². The molecular weight excluding hydrogens is 380 g/mol. The van der Waals surface area contributed by atoms with Gasteiger partial charge in [0.25, 0.3) is 0 Å². The molecule has 0 aliphatic rings. The lowest BCUT2D eigenvalue weighted by Gasteiger charge is -2.09. The second kappa shape index (κ2) is 5.86. The largest absolute Gasteiger partial charge is 0.387 e. The van der Waals surface area contributed by atoms with Crippen LogP contribution in [-0.2, 0) is 19.9 Å². The molecule has 1 N–H and O–H groups in total. The van der Waals surface area contributed by atoms with Gasteiger partial charge in [-0.25, -0.2) is 0 Å². The summed E-state index contributed by atoms with van der Waals surface area (Å²) in [5.74, 6) is 0. The molecule has 2 rings (SSSR count). The van der Waals surface area contributed by atoms with Gasteiger partial charge in [-0.3, -0.25) is 4.68 Å². The van der Waals surface area contributed by atoms with Crippen LogP contribution in [0.3, 0.4) is 0 Å². The van der Waals surface area contributed by atoms with Crippen molar-refractivity contribution in [2.24, 2.45) is 7.05 Å². The fraction of sp³-hybridized carbons (Fsp3) is 0.417. The van der Waals surface area contributed by atoms with Crippen LogP contribution in [0.5, 0.6) is 0 Å². The van der Waals surface area contributed by atoms with E-state index in [1.54, 1.807) is 11.3 Å². The molecule has 18 heavy (non-hydrogen) atoms. The van der Waals surface area contributed by atoms with Gasteiger partial charge in [0.15, 0.2) is 0 Å². The van der Waals surface area contributed by atoms with Crippen LogP contribution in [0.4, 0.5) is 0 Å². The Labute approximate surface area is 127 Å². The van der Waals surface area contributed by atoms with Crippen LogP contribution in [0.15, 0.2) is 20.4 Å². The minimum atomic E-state index is -0.488. The summed E-state index contributed by atoms with van der Waals surface area (Å²) in [4.78, 5) is 0.966. The third kappa shape index (κ3) is 2.87. The molecule has 0 saturated heterocycles. The van der Waals surface area contributed by atoms with E-state index in [-0.39, 0.29) is 0 Å². The van der Waals surface area contributed by atoms with Gasteiger partial charge in [0.05, 0.1) is 22.0 Å². The van der Waals surface area contributed by atoms with Crippen molar-refractivity contribution in [2.75, 3.05) is 0 Å². The lowest BCUT2D eigenvalue weighted by molar-refractivity contribution is 0.179. The van der Waals surface area contributed by atoms with Crippen LogP contribution in [-0.4, -0.2) is 14.9 Å². The zero-order chi connectivity index (χ0) is 13.3.